The summed E-state index contributed by atoms with van der Waals surface area (Å²) in [6, 6.07) is 3.30. The van der Waals surface area contributed by atoms with E-state index in [2.05, 4.69) is 5.32 Å². The molecule has 1 saturated heterocycles. The molecule has 1 amide bonds. The number of anilines is 1. The lowest BCUT2D eigenvalue weighted by Gasteiger charge is -2.13. The predicted octanol–water partition coefficient (Wildman–Crippen LogP) is 1.41. The number of hydrogen-bond acceptors (Lipinski definition) is 3. The zero-order valence-electron chi connectivity index (χ0n) is 10.5. The van der Waals surface area contributed by atoms with E-state index in [9.17, 15) is 14.0 Å². The van der Waals surface area contributed by atoms with E-state index in [1.165, 1.54) is 6.07 Å². The Morgan fingerprint density at radius 3 is 2.79 bits per heavy atom. The molecule has 0 spiro atoms. The van der Waals surface area contributed by atoms with Gasteiger partial charge in [0.1, 0.15) is 5.82 Å². The number of hydrogen-bond donors (Lipinski definition) is 2. The third-order valence-corrected chi connectivity index (χ3v) is 3.23. The zero-order valence-corrected chi connectivity index (χ0v) is 10.5. The number of rotatable bonds is 3. The van der Waals surface area contributed by atoms with E-state index in [-0.39, 0.29) is 23.1 Å². The third kappa shape index (κ3) is 3.08. The second-order valence-corrected chi connectivity index (χ2v) is 4.73. The summed E-state index contributed by atoms with van der Waals surface area (Å²) in [5.41, 5.74) is -0.104. The molecule has 1 aromatic rings. The highest BCUT2D eigenvalue weighted by molar-refractivity contribution is 6.01. The van der Waals surface area contributed by atoms with Crippen LogP contribution in [0.2, 0.25) is 0 Å². The van der Waals surface area contributed by atoms with Crippen LogP contribution in [0.3, 0.4) is 0 Å². The Balaban J connectivity index is 2.14. The van der Waals surface area contributed by atoms with Crippen molar-refractivity contribution >= 4 is 17.6 Å². The number of nitrogens with one attached hydrogen (secondary N) is 1. The Kier molecular flexibility index (Phi) is 3.80. The summed E-state index contributed by atoms with van der Waals surface area (Å²) in [6.45, 7) is 1.49. The second kappa shape index (κ2) is 5.36. The Morgan fingerprint density at radius 1 is 1.47 bits per heavy atom. The van der Waals surface area contributed by atoms with Gasteiger partial charge in [-0.15, -0.1) is 0 Å². The fraction of sp³-hybridized carbons (Fsp3) is 0.385. The number of benzene rings is 1. The van der Waals surface area contributed by atoms with Gasteiger partial charge in [-0.1, -0.05) is 0 Å². The number of likely N-dealkylation sites (tertiary alicyclic amines) is 1. The summed E-state index contributed by atoms with van der Waals surface area (Å²) in [5.74, 6) is -2.29. The van der Waals surface area contributed by atoms with Crippen molar-refractivity contribution < 1.29 is 19.1 Å². The third-order valence-electron chi connectivity index (χ3n) is 3.23. The first-order valence-corrected chi connectivity index (χ1v) is 5.99. The molecule has 1 atom stereocenters. The molecule has 1 aliphatic heterocycles. The molecule has 2 rings (SSSR count). The van der Waals surface area contributed by atoms with Gasteiger partial charge in [0.15, 0.2) is 0 Å². The highest BCUT2D eigenvalue weighted by Gasteiger charge is 2.27. The van der Waals surface area contributed by atoms with Crippen LogP contribution < -0.4 is 5.32 Å². The highest BCUT2D eigenvalue weighted by atomic mass is 19.1. The van der Waals surface area contributed by atoms with Crippen molar-refractivity contribution in [2.45, 2.75) is 6.42 Å². The summed E-state index contributed by atoms with van der Waals surface area (Å²) in [5, 5.41) is 11.6. The molecule has 0 aromatic heterocycles. The van der Waals surface area contributed by atoms with Crippen LogP contribution in [0.15, 0.2) is 18.2 Å². The maximum atomic E-state index is 13.0. The summed E-state index contributed by atoms with van der Waals surface area (Å²) in [4.78, 5) is 25.0. The summed E-state index contributed by atoms with van der Waals surface area (Å²) in [6.07, 6.45) is 0.742. The molecule has 2 N–H and O–H groups in total. The summed E-state index contributed by atoms with van der Waals surface area (Å²) in [7, 11) is 1.92. The molecule has 0 saturated carbocycles. The molecule has 1 fully saturated rings. The predicted molar refractivity (Wildman–Crippen MR) is 67.6 cm³/mol. The van der Waals surface area contributed by atoms with Crippen LogP contribution in [0.4, 0.5) is 10.1 Å². The fourth-order valence-corrected chi connectivity index (χ4v) is 2.19. The van der Waals surface area contributed by atoms with Crippen molar-refractivity contribution in [2.75, 3.05) is 25.5 Å². The normalized spacial score (nSPS) is 19.4. The molecule has 0 bridgehead atoms. The molecule has 0 radical (unpaired) electrons. The van der Waals surface area contributed by atoms with Crippen LogP contribution in [0.5, 0.6) is 0 Å². The summed E-state index contributed by atoms with van der Waals surface area (Å²) < 4.78 is 13.0. The van der Waals surface area contributed by atoms with E-state index in [0.717, 1.165) is 25.1 Å². The smallest absolute Gasteiger partial charge is 0.337 e. The number of amides is 1. The highest BCUT2D eigenvalue weighted by Crippen LogP contribution is 2.21. The number of carbonyl (C=O) groups excluding carboxylic acids is 1. The molecule has 1 aliphatic rings. The lowest BCUT2D eigenvalue weighted by molar-refractivity contribution is -0.119. The van der Waals surface area contributed by atoms with Crippen LogP contribution in [0.25, 0.3) is 0 Å². The average Bonchev–Trinajstić information content (AvgIpc) is 2.78. The maximum Gasteiger partial charge on any atom is 0.337 e. The van der Waals surface area contributed by atoms with E-state index in [0.29, 0.717) is 6.54 Å². The van der Waals surface area contributed by atoms with Crippen LogP contribution in [0, 0.1) is 11.7 Å². The number of nitrogens with zero attached hydrogens (tertiary/aromatic N) is 1. The van der Waals surface area contributed by atoms with Crippen LogP contribution in [-0.2, 0) is 4.79 Å². The van der Waals surface area contributed by atoms with Crippen molar-refractivity contribution in [3.05, 3.63) is 29.6 Å². The molecular weight excluding hydrogens is 251 g/mol. The molecule has 0 aliphatic carbocycles. The van der Waals surface area contributed by atoms with Crippen molar-refractivity contribution in [2.24, 2.45) is 5.92 Å². The lowest BCUT2D eigenvalue weighted by Crippen LogP contribution is -2.26. The van der Waals surface area contributed by atoms with E-state index in [1.54, 1.807) is 0 Å². The van der Waals surface area contributed by atoms with Crippen molar-refractivity contribution in [3.8, 4) is 0 Å². The minimum atomic E-state index is -1.27. The molecule has 19 heavy (non-hydrogen) atoms. The molecule has 1 heterocycles. The second-order valence-electron chi connectivity index (χ2n) is 4.73. The molecule has 6 heteroatoms. The number of carbonyl (C=O) groups is 2. The zero-order chi connectivity index (χ0) is 14.0. The molecule has 102 valence electrons. The fourth-order valence-electron chi connectivity index (χ4n) is 2.19. The molecule has 1 aromatic carbocycles. The van der Waals surface area contributed by atoms with Crippen LogP contribution >= 0.6 is 0 Å². The molecular formula is C13H15FN2O3. The van der Waals surface area contributed by atoms with Gasteiger partial charge in [-0.05, 0) is 38.2 Å². The van der Waals surface area contributed by atoms with Gasteiger partial charge in [-0.25, -0.2) is 9.18 Å². The first kappa shape index (κ1) is 13.5. The van der Waals surface area contributed by atoms with Gasteiger partial charge in [0.05, 0.1) is 17.2 Å². The minimum Gasteiger partial charge on any atom is -0.478 e. The first-order valence-electron chi connectivity index (χ1n) is 5.99. The van der Waals surface area contributed by atoms with E-state index in [4.69, 9.17) is 5.11 Å². The Labute approximate surface area is 110 Å². The standard InChI is InChI=1S/C13H15FN2O3/c1-16-5-4-8(7-16)12(17)15-11-3-2-9(14)6-10(11)13(18)19/h2-3,6,8H,4-5,7H2,1H3,(H,15,17)(H,18,19). The van der Waals surface area contributed by atoms with E-state index in [1.807, 2.05) is 11.9 Å². The Bertz CT molecular complexity index is 519. The van der Waals surface area contributed by atoms with Crippen molar-refractivity contribution in [1.29, 1.82) is 0 Å². The van der Waals surface area contributed by atoms with Crippen LogP contribution in [-0.4, -0.2) is 42.0 Å². The Morgan fingerprint density at radius 2 is 2.21 bits per heavy atom. The largest absolute Gasteiger partial charge is 0.478 e. The van der Waals surface area contributed by atoms with Crippen molar-refractivity contribution in [1.82, 2.24) is 4.90 Å². The Hall–Kier alpha value is -1.95. The van der Waals surface area contributed by atoms with Crippen LogP contribution in [0.1, 0.15) is 16.8 Å². The van der Waals surface area contributed by atoms with Gasteiger partial charge in [-0.3, -0.25) is 4.79 Å². The number of carboxylic acid groups (broad SMARTS) is 1. The maximum absolute atomic E-state index is 13.0. The van der Waals surface area contributed by atoms with Gasteiger partial charge in [-0.2, -0.15) is 0 Å². The van der Waals surface area contributed by atoms with E-state index < -0.39 is 11.8 Å². The van der Waals surface area contributed by atoms with Gasteiger partial charge in [0.25, 0.3) is 0 Å². The average molecular weight is 266 g/mol. The topological polar surface area (TPSA) is 69.6 Å². The molecule has 5 nitrogen and oxygen atoms in total. The van der Waals surface area contributed by atoms with Gasteiger partial charge in [0, 0.05) is 6.54 Å². The van der Waals surface area contributed by atoms with Gasteiger partial charge >= 0.3 is 5.97 Å². The summed E-state index contributed by atoms with van der Waals surface area (Å²) >= 11 is 0. The lowest BCUT2D eigenvalue weighted by atomic mass is 10.1. The first-order chi connectivity index (χ1) is 8.97. The van der Waals surface area contributed by atoms with Gasteiger partial charge in [0.2, 0.25) is 5.91 Å². The SMILES string of the molecule is CN1CCC(C(=O)Nc2ccc(F)cc2C(=O)O)C1. The quantitative estimate of drug-likeness (QED) is 0.868. The minimum absolute atomic E-state index is 0.133. The number of carboxylic acids is 1. The monoisotopic (exact) mass is 266 g/mol. The number of halogens is 1. The van der Waals surface area contributed by atoms with Gasteiger partial charge < -0.3 is 15.3 Å². The molecule has 1 unspecified atom stereocenters. The number of aromatic carboxylic acids is 1. The van der Waals surface area contributed by atoms with Crippen molar-refractivity contribution in [3.63, 3.8) is 0 Å². The van der Waals surface area contributed by atoms with E-state index >= 15 is 0 Å².